The zero-order valence-electron chi connectivity index (χ0n) is 21.8. The number of aryl methyl sites for hydroxylation is 1. The molecule has 2 aromatic carbocycles. The first-order chi connectivity index (χ1) is 16.7. The Hall–Kier alpha value is -3.08. The third-order valence-corrected chi connectivity index (χ3v) is 6.17. The number of carbonyl (C=O) groups excluding carboxylic acids is 1. The van der Waals surface area contributed by atoms with Crippen LogP contribution in [0.5, 0.6) is 11.5 Å². The number of methoxy groups -OCH3 is 2. The smallest absolute Gasteiger partial charge is 0.331 e. The van der Waals surface area contributed by atoms with Gasteiger partial charge in [0.05, 0.1) is 33.0 Å². The summed E-state index contributed by atoms with van der Waals surface area (Å²) in [6.45, 7) is 6.84. The van der Waals surface area contributed by atoms with Crippen molar-refractivity contribution in [3.05, 3.63) is 58.7 Å². The highest BCUT2D eigenvalue weighted by Crippen LogP contribution is 2.34. The van der Waals surface area contributed by atoms with Crippen LogP contribution >= 0.6 is 0 Å². The Kier molecular flexibility index (Phi) is 10.6. The number of aliphatic hydroxyl groups excluding tert-OH is 1. The van der Waals surface area contributed by atoms with Crippen molar-refractivity contribution in [2.45, 2.75) is 58.2 Å². The van der Waals surface area contributed by atoms with Crippen molar-refractivity contribution in [1.29, 1.82) is 5.26 Å². The van der Waals surface area contributed by atoms with E-state index in [1.54, 1.807) is 39.2 Å². The first-order valence-corrected chi connectivity index (χ1v) is 11.9. The number of ether oxygens (including phenoxy) is 3. The average Bonchev–Trinajstić information content (AvgIpc) is 2.85. The van der Waals surface area contributed by atoms with Crippen LogP contribution in [0, 0.1) is 18.3 Å². The summed E-state index contributed by atoms with van der Waals surface area (Å²) in [5, 5.41) is 20.0. The number of hydrogen-bond acceptors (Lipinski definition) is 7. The second kappa shape index (κ2) is 13.1. The fourth-order valence-corrected chi connectivity index (χ4v) is 4.08. The number of rotatable bonds is 13. The molecular weight excluding hydrogens is 444 g/mol. The molecule has 0 saturated carbocycles. The highest BCUT2D eigenvalue weighted by molar-refractivity contribution is 5.87. The van der Waals surface area contributed by atoms with Crippen LogP contribution in [0.4, 0.5) is 0 Å². The lowest BCUT2D eigenvalue weighted by molar-refractivity contribution is -0.152. The van der Waals surface area contributed by atoms with Crippen molar-refractivity contribution in [2.24, 2.45) is 0 Å². The van der Waals surface area contributed by atoms with Crippen molar-refractivity contribution >= 4 is 5.97 Å². The van der Waals surface area contributed by atoms with Gasteiger partial charge in [-0.15, -0.1) is 0 Å². The van der Waals surface area contributed by atoms with E-state index in [1.807, 2.05) is 14.0 Å². The van der Waals surface area contributed by atoms with E-state index in [1.165, 1.54) is 12.7 Å². The molecule has 0 amide bonds. The third kappa shape index (κ3) is 7.20. The molecule has 1 N–H and O–H groups in total. The molecule has 0 aliphatic heterocycles. The van der Waals surface area contributed by atoms with Crippen LogP contribution < -0.4 is 9.47 Å². The van der Waals surface area contributed by atoms with Gasteiger partial charge in [0.25, 0.3) is 0 Å². The van der Waals surface area contributed by atoms with Crippen LogP contribution in [0.1, 0.15) is 48.9 Å². The number of nitriles is 1. The molecule has 190 valence electrons. The summed E-state index contributed by atoms with van der Waals surface area (Å²) in [6, 6.07) is 13.5. The maximum absolute atomic E-state index is 13.2. The third-order valence-electron chi connectivity index (χ3n) is 6.17. The number of carbonyl (C=O) groups is 1. The van der Waals surface area contributed by atoms with Crippen LogP contribution in [0.15, 0.2) is 36.4 Å². The first-order valence-electron chi connectivity index (χ1n) is 11.9. The molecule has 0 saturated heterocycles. The Morgan fingerprint density at radius 2 is 1.83 bits per heavy atom. The molecular formula is C28H38N2O5. The molecule has 1 unspecified atom stereocenters. The van der Waals surface area contributed by atoms with E-state index >= 15 is 0 Å². The topological polar surface area (TPSA) is 92.0 Å². The lowest BCUT2D eigenvalue weighted by Gasteiger charge is -2.28. The Balaban J connectivity index is 2.14. The zero-order valence-corrected chi connectivity index (χ0v) is 21.8. The summed E-state index contributed by atoms with van der Waals surface area (Å²) in [5.74, 6) is 0.820. The second-order valence-corrected chi connectivity index (χ2v) is 9.12. The number of benzene rings is 2. The highest BCUT2D eigenvalue weighted by atomic mass is 16.5. The maximum atomic E-state index is 13.2. The van der Waals surface area contributed by atoms with Gasteiger partial charge in [-0.2, -0.15) is 5.26 Å². The van der Waals surface area contributed by atoms with Gasteiger partial charge in [0.15, 0.2) is 5.41 Å². The molecule has 7 heteroatoms. The SMILES string of the molecule is COc1cc(CCN(C)CCCC(C#N)(C(=O)OC(C)C)c2ccc(OC)c(CO)c2)ccc1C. The van der Waals surface area contributed by atoms with Crippen LogP contribution in [0.25, 0.3) is 0 Å². The lowest BCUT2D eigenvalue weighted by atomic mass is 9.77. The minimum absolute atomic E-state index is 0.260. The van der Waals surface area contributed by atoms with E-state index in [0.29, 0.717) is 36.3 Å². The summed E-state index contributed by atoms with van der Waals surface area (Å²) in [4.78, 5) is 15.4. The minimum Gasteiger partial charge on any atom is -0.496 e. The van der Waals surface area contributed by atoms with E-state index < -0.39 is 11.4 Å². The van der Waals surface area contributed by atoms with E-state index in [0.717, 1.165) is 24.3 Å². The molecule has 0 aromatic heterocycles. The van der Waals surface area contributed by atoms with Gasteiger partial charge in [-0.1, -0.05) is 18.2 Å². The fourth-order valence-electron chi connectivity index (χ4n) is 4.08. The largest absolute Gasteiger partial charge is 0.496 e. The number of nitrogens with zero attached hydrogens (tertiary/aromatic N) is 2. The lowest BCUT2D eigenvalue weighted by Crippen LogP contribution is -2.38. The van der Waals surface area contributed by atoms with Gasteiger partial charge in [-0.25, -0.2) is 4.79 Å². The van der Waals surface area contributed by atoms with Crippen LogP contribution in [-0.4, -0.2) is 56.4 Å². The Morgan fingerprint density at radius 3 is 2.43 bits per heavy atom. The maximum Gasteiger partial charge on any atom is 0.331 e. The quantitative estimate of drug-likeness (QED) is 0.428. The Morgan fingerprint density at radius 1 is 1.11 bits per heavy atom. The van der Waals surface area contributed by atoms with E-state index in [2.05, 4.69) is 29.2 Å². The summed E-state index contributed by atoms with van der Waals surface area (Å²) >= 11 is 0. The average molecular weight is 483 g/mol. The monoisotopic (exact) mass is 482 g/mol. The van der Waals surface area contributed by atoms with E-state index in [9.17, 15) is 15.2 Å². The number of aliphatic hydroxyl groups is 1. The molecule has 0 aliphatic carbocycles. The minimum atomic E-state index is -1.47. The molecule has 35 heavy (non-hydrogen) atoms. The molecule has 1 atom stereocenters. The molecule has 7 nitrogen and oxygen atoms in total. The molecule has 0 bridgehead atoms. The Labute approximate surface area is 209 Å². The number of likely N-dealkylation sites (N-methyl/N-ethyl adjacent to an activating group) is 1. The molecule has 0 aliphatic rings. The van der Waals surface area contributed by atoms with Crippen LogP contribution in [0.2, 0.25) is 0 Å². The number of hydrogen-bond donors (Lipinski definition) is 1. The second-order valence-electron chi connectivity index (χ2n) is 9.12. The number of esters is 1. The summed E-state index contributed by atoms with van der Waals surface area (Å²) in [7, 11) is 5.22. The van der Waals surface area contributed by atoms with Gasteiger partial charge in [0.2, 0.25) is 0 Å². The van der Waals surface area contributed by atoms with Crippen molar-refractivity contribution in [3.63, 3.8) is 0 Å². The van der Waals surface area contributed by atoms with Gasteiger partial charge in [-0.05, 0) is 88.5 Å². The Bertz CT molecular complexity index is 1030. The molecule has 0 fully saturated rings. The molecule has 0 heterocycles. The van der Waals surface area contributed by atoms with E-state index in [4.69, 9.17) is 14.2 Å². The molecule has 0 radical (unpaired) electrons. The van der Waals surface area contributed by atoms with Gasteiger partial charge >= 0.3 is 5.97 Å². The predicted octanol–water partition coefficient (Wildman–Crippen LogP) is 4.17. The van der Waals surface area contributed by atoms with Crippen molar-refractivity contribution in [3.8, 4) is 17.6 Å². The standard InChI is InChI=1S/C28H38N2O5/c1-20(2)35-27(32)28(19-29,24-10-11-25(33-5)23(17-24)18-31)13-7-14-30(4)15-12-22-9-8-21(3)26(16-22)34-6/h8-11,16-17,20,31H,7,12-15,18H2,1-6H3. The predicted molar refractivity (Wildman–Crippen MR) is 136 cm³/mol. The van der Waals surface area contributed by atoms with Gasteiger partial charge < -0.3 is 24.2 Å². The van der Waals surface area contributed by atoms with Crippen LogP contribution in [0.3, 0.4) is 0 Å². The first kappa shape index (κ1) is 28.2. The van der Waals surface area contributed by atoms with Gasteiger partial charge in [-0.3, -0.25) is 0 Å². The van der Waals surface area contributed by atoms with Crippen molar-refractivity contribution in [2.75, 3.05) is 34.4 Å². The highest BCUT2D eigenvalue weighted by Gasteiger charge is 2.43. The summed E-state index contributed by atoms with van der Waals surface area (Å²) in [5.41, 5.74) is 1.86. The van der Waals surface area contributed by atoms with Crippen LogP contribution in [-0.2, 0) is 28.0 Å². The zero-order chi connectivity index (χ0) is 26.0. The summed E-state index contributed by atoms with van der Waals surface area (Å²) < 4.78 is 16.2. The molecule has 2 aromatic rings. The summed E-state index contributed by atoms with van der Waals surface area (Å²) in [6.07, 6.45) is 1.44. The van der Waals surface area contributed by atoms with Crippen molar-refractivity contribution < 1.29 is 24.1 Å². The van der Waals surface area contributed by atoms with Gasteiger partial charge in [0, 0.05) is 12.1 Å². The van der Waals surface area contributed by atoms with Crippen molar-refractivity contribution in [1.82, 2.24) is 4.90 Å². The normalized spacial score (nSPS) is 12.8. The van der Waals surface area contributed by atoms with E-state index in [-0.39, 0.29) is 12.7 Å². The fraction of sp³-hybridized carbons (Fsp3) is 0.500. The molecule has 0 spiro atoms. The molecule has 2 rings (SSSR count). The van der Waals surface area contributed by atoms with Gasteiger partial charge in [0.1, 0.15) is 11.5 Å².